The van der Waals surface area contributed by atoms with Gasteiger partial charge in [-0.25, -0.2) is 0 Å². The van der Waals surface area contributed by atoms with E-state index in [1.165, 1.54) is 0 Å². The van der Waals surface area contributed by atoms with Crippen molar-refractivity contribution in [3.63, 3.8) is 0 Å². The van der Waals surface area contributed by atoms with Gasteiger partial charge < -0.3 is 10.6 Å². The first-order chi connectivity index (χ1) is 8.66. The normalized spacial score (nSPS) is 10.4. The van der Waals surface area contributed by atoms with Crippen LogP contribution in [0.25, 0.3) is 0 Å². The number of nitrogens with one attached hydrogen (secondary N) is 2. The van der Waals surface area contributed by atoms with Gasteiger partial charge in [-0.05, 0) is 31.2 Å². The molecule has 2 aromatic rings. The number of para-hydroxylation sites is 2. The van der Waals surface area contributed by atoms with Crippen LogP contribution >= 0.6 is 23.2 Å². The van der Waals surface area contributed by atoms with Crippen molar-refractivity contribution >= 4 is 34.6 Å². The quantitative estimate of drug-likeness (QED) is 0.782. The maximum Gasteiger partial charge on any atom is 0.0935 e. The average molecular weight is 281 g/mol. The Morgan fingerprint density at radius 2 is 1.17 bits per heavy atom. The topological polar surface area (TPSA) is 24.1 Å². The van der Waals surface area contributed by atoms with Gasteiger partial charge in [0.15, 0.2) is 0 Å². The van der Waals surface area contributed by atoms with Gasteiger partial charge in [0, 0.05) is 0 Å². The van der Waals surface area contributed by atoms with Crippen LogP contribution in [-0.2, 0) is 0 Å². The second-order valence-electron chi connectivity index (χ2n) is 3.97. The van der Waals surface area contributed by atoms with Crippen molar-refractivity contribution in [2.75, 3.05) is 10.6 Å². The monoisotopic (exact) mass is 280 g/mol. The highest BCUT2D eigenvalue weighted by Gasteiger charge is 2.06. The molecule has 0 aromatic heterocycles. The van der Waals surface area contributed by atoms with Gasteiger partial charge in [0.05, 0.1) is 27.6 Å². The first kappa shape index (κ1) is 13.1. The van der Waals surface area contributed by atoms with E-state index in [4.69, 9.17) is 23.2 Å². The van der Waals surface area contributed by atoms with Crippen LogP contribution in [0.15, 0.2) is 48.5 Å². The molecule has 18 heavy (non-hydrogen) atoms. The van der Waals surface area contributed by atoms with Gasteiger partial charge in [-0.15, -0.1) is 0 Å². The van der Waals surface area contributed by atoms with Gasteiger partial charge in [0.2, 0.25) is 0 Å². The molecule has 0 spiro atoms. The summed E-state index contributed by atoms with van der Waals surface area (Å²) >= 11 is 12.2. The molecule has 0 radical (unpaired) electrons. The van der Waals surface area contributed by atoms with Crippen LogP contribution in [0.4, 0.5) is 11.4 Å². The van der Waals surface area contributed by atoms with E-state index >= 15 is 0 Å². The summed E-state index contributed by atoms with van der Waals surface area (Å²) in [5.41, 5.74) is 1.79. The summed E-state index contributed by atoms with van der Waals surface area (Å²) in [6.45, 7) is 2.01. The number of halogens is 2. The van der Waals surface area contributed by atoms with Crippen LogP contribution in [0.5, 0.6) is 0 Å². The Labute approximate surface area is 117 Å². The fourth-order valence-electron chi connectivity index (χ4n) is 1.66. The fraction of sp³-hybridized carbons (Fsp3) is 0.143. The van der Waals surface area contributed by atoms with Crippen molar-refractivity contribution in [3.8, 4) is 0 Å². The lowest BCUT2D eigenvalue weighted by Gasteiger charge is -2.19. The molecule has 0 unspecified atom stereocenters. The van der Waals surface area contributed by atoms with Crippen LogP contribution in [0.2, 0.25) is 10.0 Å². The number of hydrogen-bond acceptors (Lipinski definition) is 2. The van der Waals surface area contributed by atoms with Gasteiger partial charge in [-0.3, -0.25) is 0 Å². The zero-order valence-corrected chi connectivity index (χ0v) is 11.5. The van der Waals surface area contributed by atoms with Crippen molar-refractivity contribution < 1.29 is 0 Å². The second-order valence-corrected chi connectivity index (χ2v) is 4.78. The number of rotatable bonds is 4. The molecular weight excluding hydrogens is 267 g/mol. The minimum absolute atomic E-state index is 0.0183. The summed E-state index contributed by atoms with van der Waals surface area (Å²) in [5, 5.41) is 7.97. The van der Waals surface area contributed by atoms with Crippen molar-refractivity contribution in [3.05, 3.63) is 58.6 Å². The zero-order valence-electron chi connectivity index (χ0n) is 9.95. The third kappa shape index (κ3) is 3.31. The molecule has 0 aliphatic rings. The lowest BCUT2D eigenvalue weighted by Crippen LogP contribution is -2.25. The second kappa shape index (κ2) is 5.98. The van der Waals surface area contributed by atoms with E-state index in [1.807, 2.05) is 55.5 Å². The molecule has 4 heteroatoms. The molecule has 0 saturated carbocycles. The molecule has 2 aromatic carbocycles. The zero-order chi connectivity index (χ0) is 13.0. The minimum atomic E-state index is 0.0183. The van der Waals surface area contributed by atoms with Gasteiger partial charge in [0.1, 0.15) is 0 Å². The summed E-state index contributed by atoms with van der Waals surface area (Å²) in [6.07, 6.45) is 0.0183. The Morgan fingerprint density at radius 3 is 1.56 bits per heavy atom. The molecule has 0 aliphatic carbocycles. The lowest BCUT2D eigenvalue weighted by atomic mass is 10.3. The van der Waals surface area contributed by atoms with Gasteiger partial charge in [-0.2, -0.15) is 0 Å². The van der Waals surface area contributed by atoms with Crippen molar-refractivity contribution in [2.45, 2.75) is 13.1 Å². The fourth-order valence-corrected chi connectivity index (χ4v) is 2.04. The first-order valence-corrected chi connectivity index (χ1v) is 6.44. The maximum atomic E-state index is 6.09. The summed E-state index contributed by atoms with van der Waals surface area (Å²) in [4.78, 5) is 0. The first-order valence-electron chi connectivity index (χ1n) is 5.69. The number of hydrogen-bond donors (Lipinski definition) is 2. The van der Waals surface area contributed by atoms with Crippen molar-refractivity contribution in [1.82, 2.24) is 0 Å². The standard InChI is InChI=1S/C14H14Cl2N2/c1-10(17-13-8-4-2-6-11(13)15)18-14-9-5-3-7-12(14)16/h2-10,17-18H,1H3. The Balaban J connectivity index is 2.04. The minimum Gasteiger partial charge on any atom is -0.364 e. The average Bonchev–Trinajstić information content (AvgIpc) is 2.35. The predicted molar refractivity (Wildman–Crippen MR) is 79.6 cm³/mol. The van der Waals surface area contributed by atoms with Crippen LogP contribution in [-0.4, -0.2) is 6.17 Å². The summed E-state index contributed by atoms with van der Waals surface area (Å²) < 4.78 is 0. The van der Waals surface area contributed by atoms with E-state index in [0.717, 1.165) is 11.4 Å². The molecule has 0 aliphatic heterocycles. The summed E-state index contributed by atoms with van der Waals surface area (Å²) in [7, 11) is 0. The third-order valence-corrected chi connectivity index (χ3v) is 3.15. The van der Waals surface area contributed by atoms with Crippen LogP contribution in [0, 0.1) is 0 Å². The maximum absolute atomic E-state index is 6.09. The van der Waals surface area contributed by atoms with Gasteiger partial charge >= 0.3 is 0 Å². The molecule has 0 bridgehead atoms. The molecule has 2 rings (SSSR count). The highest BCUT2D eigenvalue weighted by atomic mass is 35.5. The molecule has 2 N–H and O–H groups in total. The van der Waals surface area contributed by atoms with Crippen LogP contribution in [0.1, 0.15) is 6.92 Å². The Kier molecular flexibility index (Phi) is 4.34. The van der Waals surface area contributed by atoms with E-state index in [1.54, 1.807) is 0 Å². The summed E-state index contributed by atoms with van der Waals surface area (Å²) in [6, 6.07) is 15.3. The smallest absolute Gasteiger partial charge is 0.0935 e. The predicted octanol–water partition coefficient (Wildman–Crippen LogP) is 4.86. The molecule has 0 fully saturated rings. The van der Waals surface area contributed by atoms with Gasteiger partial charge in [-0.1, -0.05) is 47.5 Å². The van der Waals surface area contributed by atoms with Crippen molar-refractivity contribution in [2.24, 2.45) is 0 Å². The molecule has 0 saturated heterocycles. The molecule has 94 valence electrons. The molecular formula is C14H14Cl2N2. The van der Waals surface area contributed by atoms with E-state index in [2.05, 4.69) is 10.6 Å². The molecule has 2 nitrogen and oxygen atoms in total. The Morgan fingerprint density at radius 1 is 0.778 bits per heavy atom. The summed E-state index contributed by atoms with van der Waals surface area (Å²) in [5.74, 6) is 0. The van der Waals surface area contributed by atoms with Crippen LogP contribution in [0.3, 0.4) is 0 Å². The van der Waals surface area contributed by atoms with E-state index in [9.17, 15) is 0 Å². The SMILES string of the molecule is CC(Nc1ccccc1Cl)Nc1ccccc1Cl. The largest absolute Gasteiger partial charge is 0.364 e. The Hall–Kier alpha value is -1.38. The molecule has 0 atom stereocenters. The Bertz CT molecular complexity index is 481. The third-order valence-electron chi connectivity index (χ3n) is 2.49. The highest BCUT2D eigenvalue weighted by Crippen LogP contribution is 2.24. The number of benzene rings is 2. The number of anilines is 2. The van der Waals surface area contributed by atoms with Gasteiger partial charge in [0.25, 0.3) is 0 Å². The van der Waals surface area contributed by atoms with Crippen LogP contribution < -0.4 is 10.6 Å². The van der Waals surface area contributed by atoms with E-state index in [-0.39, 0.29) is 6.17 Å². The van der Waals surface area contributed by atoms with E-state index < -0.39 is 0 Å². The molecule has 0 amide bonds. The van der Waals surface area contributed by atoms with Crippen molar-refractivity contribution in [1.29, 1.82) is 0 Å². The van der Waals surface area contributed by atoms with E-state index in [0.29, 0.717) is 10.0 Å². The molecule has 0 heterocycles. The lowest BCUT2D eigenvalue weighted by molar-refractivity contribution is 0.916. The highest BCUT2D eigenvalue weighted by molar-refractivity contribution is 6.33.